The molecule has 0 amide bonds. The predicted octanol–water partition coefficient (Wildman–Crippen LogP) is 6.44. The first-order chi connectivity index (χ1) is 13.0. The van der Waals surface area contributed by atoms with Gasteiger partial charge in [-0.2, -0.15) is 0 Å². The molecule has 27 heavy (non-hydrogen) atoms. The summed E-state index contributed by atoms with van der Waals surface area (Å²) in [6.45, 7) is 10.7. The molecule has 0 fully saturated rings. The Hall–Kier alpha value is -2.29. The number of allylic oxidation sites excluding steroid dienone is 3. The minimum absolute atomic E-state index is 0.249. The first-order valence-electron chi connectivity index (χ1n) is 9.96. The number of unbranched alkanes of at least 4 members (excludes halogenated alkanes) is 1. The van der Waals surface area contributed by atoms with Gasteiger partial charge in [0, 0.05) is 23.6 Å². The topological polar surface area (TPSA) is 53.3 Å². The van der Waals surface area contributed by atoms with Gasteiger partial charge in [0.05, 0.1) is 5.71 Å². The largest absolute Gasteiger partial charge is 0.308 e. The Kier molecular flexibility index (Phi) is 10.2. The third-order valence-corrected chi connectivity index (χ3v) is 4.84. The summed E-state index contributed by atoms with van der Waals surface area (Å²) in [6, 6.07) is 7.78. The number of carbonyl (C=O) groups is 1. The lowest BCUT2D eigenvalue weighted by Gasteiger charge is -2.21. The lowest BCUT2D eigenvalue weighted by atomic mass is 9.84. The highest BCUT2D eigenvalue weighted by atomic mass is 16.1. The molecular formula is C24H34N2O. The molecule has 1 N–H and O–H groups in total. The van der Waals surface area contributed by atoms with Gasteiger partial charge in [-0.25, -0.2) is 0 Å². The molecule has 0 radical (unpaired) electrons. The van der Waals surface area contributed by atoms with Gasteiger partial charge in [0.2, 0.25) is 0 Å². The number of nitrogens with zero attached hydrogens (tertiary/aromatic N) is 1. The molecule has 1 rings (SSSR count). The zero-order chi connectivity index (χ0) is 20.2. The monoisotopic (exact) mass is 366 g/mol. The maximum atomic E-state index is 11.1. The summed E-state index contributed by atoms with van der Waals surface area (Å²) < 4.78 is 0. The summed E-state index contributed by atoms with van der Waals surface area (Å²) in [5, 5.41) is 8.01. The molecule has 1 unspecified atom stereocenters. The van der Waals surface area contributed by atoms with Crippen LogP contribution in [0.25, 0.3) is 0 Å². The molecule has 0 aliphatic carbocycles. The Morgan fingerprint density at radius 2 is 2.00 bits per heavy atom. The van der Waals surface area contributed by atoms with Crippen LogP contribution in [0.5, 0.6) is 0 Å². The van der Waals surface area contributed by atoms with Gasteiger partial charge in [-0.05, 0) is 49.7 Å². The molecule has 0 saturated carbocycles. The van der Waals surface area contributed by atoms with Crippen molar-refractivity contribution in [3.05, 3.63) is 58.8 Å². The highest BCUT2D eigenvalue weighted by Gasteiger charge is 2.18. The zero-order valence-electron chi connectivity index (χ0n) is 17.5. The highest BCUT2D eigenvalue weighted by Crippen LogP contribution is 2.25. The smallest absolute Gasteiger partial charge is 0.150 e. The third kappa shape index (κ3) is 7.09. The molecule has 0 saturated heterocycles. The number of hydrogen-bond donors (Lipinski definition) is 1. The number of aldehydes is 1. The van der Waals surface area contributed by atoms with E-state index < -0.39 is 0 Å². The summed E-state index contributed by atoms with van der Waals surface area (Å²) in [4.78, 5) is 15.7. The van der Waals surface area contributed by atoms with E-state index in [0.717, 1.165) is 48.8 Å². The van der Waals surface area contributed by atoms with Crippen LogP contribution in [-0.2, 0) is 6.42 Å². The number of hydrogen-bond acceptors (Lipinski definition) is 3. The average Bonchev–Trinajstić information content (AvgIpc) is 2.68. The molecule has 1 aromatic rings. The van der Waals surface area contributed by atoms with E-state index in [1.807, 2.05) is 24.4 Å². The normalized spacial score (nSPS) is 14.4. The Labute approximate surface area is 164 Å². The summed E-state index contributed by atoms with van der Waals surface area (Å²) >= 11 is 0. The Morgan fingerprint density at radius 3 is 2.56 bits per heavy atom. The van der Waals surface area contributed by atoms with Gasteiger partial charge in [0.1, 0.15) is 6.29 Å². The van der Waals surface area contributed by atoms with E-state index in [1.165, 1.54) is 11.8 Å². The average molecular weight is 367 g/mol. The van der Waals surface area contributed by atoms with Gasteiger partial charge in [0.15, 0.2) is 0 Å². The van der Waals surface area contributed by atoms with Crippen LogP contribution in [0, 0.1) is 17.2 Å². The lowest BCUT2D eigenvalue weighted by Crippen LogP contribution is -2.17. The highest BCUT2D eigenvalue weighted by molar-refractivity contribution is 6.17. The minimum atomic E-state index is 0.249. The molecule has 0 heterocycles. The minimum Gasteiger partial charge on any atom is -0.308 e. The van der Waals surface area contributed by atoms with Crippen LogP contribution in [-0.4, -0.2) is 18.2 Å². The fourth-order valence-electron chi connectivity index (χ4n) is 3.20. The van der Waals surface area contributed by atoms with Crippen molar-refractivity contribution in [1.29, 1.82) is 5.41 Å². The maximum absolute atomic E-state index is 11.1. The molecule has 1 atom stereocenters. The van der Waals surface area contributed by atoms with Crippen molar-refractivity contribution in [2.24, 2.45) is 16.8 Å². The van der Waals surface area contributed by atoms with Crippen molar-refractivity contribution >= 4 is 18.2 Å². The van der Waals surface area contributed by atoms with E-state index in [2.05, 4.69) is 51.8 Å². The van der Waals surface area contributed by atoms with E-state index in [4.69, 9.17) is 5.41 Å². The Morgan fingerprint density at radius 1 is 1.26 bits per heavy atom. The SMILES string of the molecule is CCC\C=C/N=C(\C(C=N)=C(/C)C(CC)Cc1cccc(C=O)c1)C(C)C. The molecule has 0 bridgehead atoms. The summed E-state index contributed by atoms with van der Waals surface area (Å²) in [5.74, 6) is 0.561. The maximum Gasteiger partial charge on any atom is 0.150 e. The number of aliphatic imine (C=N–C) groups is 1. The van der Waals surface area contributed by atoms with Crippen LogP contribution in [0.1, 0.15) is 69.8 Å². The molecule has 3 nitrogen and oxygen atoms in total. The van der Waals surface area contributed by atoms with Gasteiger partial charge in [-0.1, -0.05) is 64.0 Å². The van der Waals surface area contributed by atoms with Crippen LogP contribution >= 0.6 is 0 Å². The predicted molar refractivity (Wildman–Crippen MR) is 117 cm³/mol. The first kappa shape index (κ1) is 22.8. The molecule has 0 aliphatic heterocycles. The van der Waals surface area contributed by atoms with E-state index in [0.29, 0.717) is 11.5 Å². The van der Waals surface area contributed by atoms with Gasteiger partial charge >= 0.3 is 0 Å². The second-order valence-electron chi connectivity index (χ2n) is 7.26. The molecule has 1 aromatic carbocycles. The fraction of sp³-hybridized carbons (Fsp3) is 0.458. The number of carbonyl (C=O) groups excluding carboxylic acids is 1. The van der Waals surface area contributed by atoms with Crippen molar-refractivity contribution in [1.82, 2.24) is 0 Å². The van der Waals surface area contributed by atoms with Crippen molar-refractivity contribution in [3.8, 4) is 0 Å². The second-order valence-corrected chi connectivity index (χ2v) is 7.26. The standard InChI is InChI=1S/C24H34N2O/c1-6-8-9-13-26-24(18(3)4)23(16-25)19(5)22(7-2)15-20-11-10-12-21(14-20)17-27/h9-14,16-18,22,25H,6-8,15H2,1-5H3/b13-9-,23-19+,25-16?,26-24-. The Bertz CT molecular complexity index is 711. The van der Waals surface area contributed by atoms with Crippen LogP contribution < -0.4 is 0 Å². The van der Waals surface area contributed by atoms with Gasteiger partial charge in [0.25, 0.3) is 0 Å². The zero-order valence-corrected chi connectivity index (χ0v) is 17.5. The van der Waals surface area contributed by atoms with Crippen molar-refractivity contribution in [2.75, 3.05) is 0 Å². The first-order valence-corrected chi connectivity index (χ1v) is 9.96. The number of rotatable bonds is 11. The van der Waals surface area contributed by atoms with Crippen molar-refractivity contribution in [2.45, 2.75) is 60.3 Å². The number of nitrogens with one attached hydrogen (secondary N) is 1. The molecular weight excluding hydrogens is 332 g/mol. The fourth-order valence-corrected chi connectivity index (χ4v) is 3.20. The van der Waals surface area contributed by atoms with Gasteiger partial charge in [-0.15, -0.1) is 0 Å². The number of benzene rings is 1. The third-order valence-electron chi connectivity index (χ3n) is 4.84. The van der Waals surface area contributed by atoms with Crippen LogP contribution in [0.15, 0.2) is 52.7 Å². The van der Waals surface area contributed by atoms with Gasteiger partial charge in [-0.3, -0.25) is 9.79 Å². The molecule has 0 aromatic heterocycles. The molecule has 3 heteroatoms. The molecule has 0 spiro atoms. The summed E-state index contributed by atoms with van der Waals surface area (Å²) in [7, 11) is 0. The van der Waals surface area contributed by atoms with Crippen LogP contribution in [0.4, 0.5) is 0 Å². The molecule has 146 valence electrons. The molecule has 0 aliphatic rings. The van der Waals surface area contributed by atoms with E-state index >= 15 is 0 Å². The van der Waals surface area contributed by atoms with E-state index in [-0.39, 0.29) is 5.92 Å². The van der Waals surface area contributed by atoms with Crippen molar-refractivity contribution in [3.63, 3.8) is 0 Å². The second kappa shape index (κ2) is 12.2. The van der Waals surface area contributed by atoms with Gasteiger partial charge < -0.3 is 5.41 Å². The van der Waals surface area contributed by atoms with Crippen LogP contribution in [0.2, 0.25) is 0 Å². The summed E-state index contributed by atoms with van der Waals surface area (Å²) in [6.07, 6.45) is 10.3. The summed E-state index contributed by atoms with van der Waals surface area (Å²) in [5.41, 5.74) is 4.96. The van der Waals surface area contributed by atoms with Crippen LogP contribution in [0.3, 0.4) is 0 Å². The lowest BCUT2D eigenvalue weighted by molar-refractivity contribution is 0.112. The van der Waals surface area contributed by atoms with Crippen molar-refractivity contribution < 1.29 is 4.79 Å². The quantitative estimate of drug-likeness (QED) is 0.355. The van der Waals surface area contributed by atoms with E-state index in [1.54, 1.807) is 0 Å². The van der Waals surface area contributed by atoms with E-state index in [9.17, 15) is 4.79 Å². The Balaban J connectivity index is 3.22.